The molecule has 0 aliphatic heterocycles. The lowest BCUT2D eigenvalue weighted by Gasteiger charge is -2.08. The number of nitrogens with zero attached hydrogens (tertiary/aromatic N) is 3. The Kier molecular flexibility index (Phi) is 6.10. The Hall–Kier alpha value is -1.06. The van der Waals surface area contributed by atoms with Gasteiger partial charge in [-0.25, -0.2) is 9.67 Å². The van der Waals surface area contributed by atoms with Gasteiger partial charge in [0, 0.05) is 10.0 Å². The topological polar surface area (TPSA) is 39.9 Å². The minimum absolute atomic E-state index is 0.0270. The van der Waals surface area contributed by atoms with Crippen molar-refractivity contribution in [1.82, 2.24) is 14.8 Å². The average molecular weight is 411 g/mol. The van der Waals surface area contributed by atoms with Crippen molar-refractivity contribution < 1.29 is 17.9 Å². The third-order valence-electron chi connectivity index (χ3n) is 2.88. The van der Waals surface area contributed by atoms with Crippen LogP contribution in [0.2, 0.25) is 0 Å². The van der Waals surface area contributed by atoms with Crippen molar-refractivity contribution in [2.45, 2.75) is 12.9 Å². The van der Waals surface area contributed by atoms with E-state index in [0.717, 1.165) is 14.9 Å². The van der Waals surface area contributed by atoms with Crippen LogP contribution in [0.1, 0.15) is 5.82 Å². The minimum atomic E-state index is -4.58. The van der Waals surface area contributed by atoms with Crippen LogP contribution in [0.15, 0.2) is 28.7 Å². The van der Waals surface area contributed by atoms with E-state index in [1.807, 2.05) is 12.5 Å². The zero-order chi connectivity index (χ0) is 17.0. The first-order valence-electron chi connectivity index (χ1n) is 6.67. The molecule has 2 aromatic rings. The van der Waals surface area contributed by atoms with Crippen LogP contribution in [-0.4, -0.2) is 39.6 Å². The second-order valence-electron chi connectivity index (χ2n) is 4.99. The summed E-state index contributed by atoms with van der Waals surface area (Å²) in [6.45, 7) is 0.121. The molecule has 0 saturated heterocycles. The first kappa shape index (κ1) is 18.3. The molecule has 0 fully saturated rings. The molecule has 0 atom stereocenters. The van der Waals surface area contributed by atoms with Gasteiger partial charge in [-0.2, -0.15) is 13.2 Å². The summed E-state index contributed by atoms with van der Waals surface area (Å²) in [5.74, 6) is -0.225. The van der Waals surface area contributed by atoms with Gasteiger partial charge in [-0.1, -0.05) is 28.1 Å². The quantitative estimate of drug-likeness (QED) is 0.539. The van der Waals surface area contributed by atoms with Gasteiger partial charge >= 0.3 is 6.18 Å². The van der Waals surface area contributed by atoms with Gasteiger partial charge < -0.3 is 4.74 Å². The fourth-order valence-corrected chi connectivity index (χ4v) is 2.46. The highest BCUT2D eigenvalue weighted by atomic mass is 79.9. The van der Waals surface area contributed by atoms with Crippen LogP contribution in [0.5, 0.6) is 0 Å². The number of alkyl halides is 3. The van der Waals surface area contributed by atoms with Crippen LogP contribution in [0, 0.1) is 0 Å². The Balaban J connectivity index is 2.20. The molecule has 0 unspecified atom stereocenters. The molecule has 4 nitrogen and oxygen atoms in total. The van der Waals surface area contributed by atoms with E-state index in [0.29, 0.717) is 12.2 Å². The van der Waals surface area contributed by atoms with Crippen LogP contribution in [0.25, 0.3) is 11.4 Å². The third kappa shape index (κ3) is 5.22. The van der Waals surface area contributed by atoms with Crippen molar-refractivity contribution in [2.24, 2.45) is 0 Å². The van der Waals surface area contributed by atoms with E-state index in [4.69, 9.17) is 4.74 Å². The molecule has 0 spiro atoms. The molecule has 2 rings (SSSR count). The zero-order valence-corrected chi connectivity index (χ0v) is 15.0. The average Bonchev–Trinajstić information content (AvgIpc) is 2.88. The highest BCUT2D eigenvalue weighted by Gasteiger charge is 2.38. The standard InChI is InChI=1S/C14H16BrF3N3OS/c1-23(2)8-7-22-9-21-13(14(16,17)18)19-12(20-21)10-3-5-11(15)6-4-10/h3-6H,7-9H2,1-2H3/q+1. The summed E-state index contributed by atoms with van der Waals surface area (Å²) >= 11 is 3.28. The van der Waals surface area contributed by atoms with Gasteiger partial charge in [0.1, 0.15) is 12.5 Å². The van der Waals surface area contributed by atoms with Gasteiger partial charge in [0.15, 0.2) is 5.82 Å². The predicted molar refractivity (Wildman–Crippen MR) is 88.2 cm³/mol. The molecule has 0 N–H and O–H groups in total. The molecule has 0 bridgehead atoms. The maximum Gasteiger partial charge on any atom is 0.451 e. The van der Waals surface area contributed by atoms with E-state index in [1.54, 1.807) is 24.3 Å². The molecule has 0 amide bonds. The number of halogens is 4. The van der Waals surface area contributed by atoms with Crippen molar-refractivity contribution >= 4 is 26.8 Å². The first-order valence-corrected chi connectivity index (χ1v) is 9.67. The van der Waals surface area contributed by atoms with E-state index in [9.17, 15) is 13.2 Å². The molecule has 1 aromatic heterocycles. The largest absolute Gasteiger partial charge is 0.451 e. The van der Waals surface area contributed by atoms with Crippen molar-refractivity contribution in [3.63, 3.8) is 0 Å². The summed E-state index contributed by atoms with van der Waals surface area (Å²) in [5.41, 5.74) is 0.515. The van der Waals surface area contributed by atoms with Crippen LogP contribution < -0.4 is 0 Å². The van der Waals surface area contributed by atoms with Crippen molar-refractivity contribution in [3.8, 4) is 11.4 Å². The van der Waals surface area contributed by atoms with E-state index in [1.165, 1.54) is 0 Å². The van der Waals surface area contributed by atoms with Gasteiger partial charge in [-0.3, -0.25) is 0 Å². The molecule has 9 heteroatoms. The second kappa shape index (κ2) is 7.67. The Labute approximate surface area is 143 Å². The van der Waals surface area contributed by atoms with Gasteiger partial charge in [0.05, 0.1) is 19.1 Å². The number of hydrogen-bond acceptors (Lipinski definition) is 3. The normalized spacial score (nSPS) is 12.1. The second-order valence-corrected chi connectivity index (χ2v) is 8.29. The van der Waals surface area contributed by atoms with Crippen LogP contribution >= 0.6 is 15.9 Å². The van der Waals surface area contributed by atoms with Gasteiger partial charge in [-0.15, -0.1) is 5.10 Å². The van der Waals surface area contributed by atoms with Crippen LogP contribution in [0.4, 0.5) is 13.2 Å². The SMILES string of the molecule is C[S+](C)CCOCn1nc(-c2ccc(Br)cc2)nc1C(F)(F)F. The molecule has 0 aliphatic rings. The molecule has 1 heterocycles. The number of hydrogen-bond donors (Lipinski definition) is 0. The maximum atomic E-state index is 13.1. The Morgan fingerprint density at radius 2 is 1.87 bits per heavy atom. The summed E-state index contributed by atoms with van der Waals surface area (Å²) in [4.78, 5) is 3.63. The molecule has 1 aromatic carbocycles. The monoisotopic (exact) mass is 410 g/mol. The van der Waals surface area contributed by atoms with Crippen molar-refractivity contribution in [1.29, 1.82) is 0 Å². The molecule has 126 valence electrons. The van der Waals surface area contributed by atoms with E-state index in [2.05, 4.69) is 26.0 Å². The number of aromatic nitrogens is 3. The highest BCUT2D eigenvalue weighted by molar-refractivity contribution is 9.10. The summed E-state index contributed by atoms with van der Waals surface area (Å²) in [7, 11) is 0.180. The van der Waals surface area contributed by atoms with Gasteiger partial charge in [0.25, 0.3) is 0 Å². The third-order valence-corrected chi connectivity index (χ3v) is 4.39. The molecule has 0 saturated carbocycles. The predicted octanol–water partition coefficient (Wildman–Crippen LogP) is 3.58. The van der Waals surface area contributed by atoms with Gasteiger partial charge in [-0.05, 0) is 23.0 Å². The number of ether oxygens (including phenoxy) is 1. The molecule has 0 aliphatic carbocycles. The number of rotatable bonds is 6. The fourth-order valence-electron chi connectivity index (χ4n) is 1.74. The van der Waals surface area contributed by atoms with E-state index < -0.39 is 12.0 Å². The molecular formula is C14H16BrF3N3OS+. The van der Waals surface area contributed by atoms with Gasteiger partial charge in [0.2, 0.25) is 5.82 Å². The molecular weight excluding hydrogens is 395 g/mol. The smallest absolute Gasteiger partial charge is 0.354 e. The van der Waals surface area contributed by atoms with Crippen LogP contribution in [0.3, 0.4) is 0 Å². The fraction of sp³-hybridized carbons (Fsp3) is 0.429. The summed E-state index contributed by atoms with van der Waals surface area (Å²) in [6, 6.07) is 6.77. The minimum Gasteiger partial charge on any atom is -0.354 e. The molecule has 0 radical (unpaired) electrons. The molecule has 23 heavy (non-hydrogen) atoms. The Morgan fingerprint density at radius 3 is 2.43 bits per heavy atom. The lowest BCUT2D eigenvalue weighted by Crippen LogP contribution is -2.19. The summed E-state index contributed by atoms with van der Waals surface area (Å²) in [6.07, 6.45) is -0.485. The van der Waals surface area contributed by atoms with Crippen LogP contribution in [-0.2, 0) is 28.5 Å². The Morgan fingerprint density at radius 1 is 1.22 bits per heavy atom. The van der Waals surface area contributed by atoms with Crippen molar-refractivity contribution in [2.75, 3.05) is 24.9 Å². The summed E-state index contributed by atoms with van der Waals surface area (Å²) in [5, 5.41) is 3.94. The lowest BCUT2D eigenvalue weighted by atomic mass is 10.2. The maximum absolute atomic E-state index is 13.1. The first-order chi connectivity index (χ1) is 10.8. The number of benzene rings is 1. The van der Waals surface area contributed by atoms with E-state index in [-0.39, 0.29) is 23.5 Å². The highest BCUT2D eigenvalue weighted by Crippen LogP contribution is 2.30. The zero-order valence-electron chi connectivity index (χ0n) is 12.6. The Bertz CT molecular complexity index is 644. The lowest BCUT2D eigenvalue weighted by molar-refractivity contribution is -0.150. The summed E-state index contributed by atoms with van der Waals surface area (Å²) < 4.78 is 46.2. The van der Waals surface area contributed by atoms with Crippen molar-refractivity contribution in [3.05, 3.63) is 34.6 Å². The van der Waals surface area contributed by atoms with E-state index >= 15 is 0 Å².